The molecule has 3 heteroatoms. The van der Waals surface area contributed by atoms with Crippen LogP contribution in [0.3, 0.4) is 0 Å². The first-order valence-electron chi connectivity index (χ1n) is 14.4. The summed E-state index contributed by atoms with van der Waals surface area (Å²) in [6.45, 7) is 2.06. The molecule has 1 radical (unpaired) electrons. The van der Waals surface area contributed by atoms with Crippen molar-refractivity contribution >= 4 is 32.3 Å². The maximum absolute atomic E-state index is 4.57. The molecular weight excluding hydrogens is 713 g/mol. The molecule has 2 heterocycles. The number of aromatic nitrogens is 2. The van der Waals surface area contributed by atoms with Crippen molar-refractivity contribution in [2.45, 2.75) is 6.92 Å². The molecule has 0 saturated heterocycles. The van der Waals surface area contributed by atoms with Crippen molar-refractivity contribution in [2.75, 3.05) is 0 Å². The molecule has 213 valence electrons. The average molecular weight is 741 g/mol. The smallest absolute Gasteiger partial charge is 0.0190 e. The van der Waals surface area contributed by atoms with Gasteiger partial charge in [-0.1, -0.05) is 119 Å². The molecule has 8 aromatic rings. The van der Waals surface area contributed by atoms with Gasteiger partial charge in [-0.25, -0.2) is 0 Å². The van der Waals surface area contributed by atoms with E-state index < -0.39 is 0 Å². The molecule has 0 atom stereocenters. The molecule has 0 fully saturated rings. The SMILES string of the molecule is Cc1ccc(-c2[c-]cc3c4ccccc4c4ccccc4c3c2)nc1.[Ir].[c-]1ccc(-c2ccccc2)cc1-c1ccccn1. The summed E-state index contributed by atoms with van der Waals surface area (Å²) in [6.07, 6.45) is 3.71. The molecule has 2 aromatic heterocycles. The summed E-state index contributed by atoms with van der Waals surface area (Å²) in [4.78, 5) is 8.92. The number of nitrogens with zero attached hydrogens (tertiary/aromatic N) is 2. The van der Waals surface area contributed by atoms with Crippen LogP contribution in [0.1, 0.15) is 5.56 Å². The minimum Gasteiger partial charge on any atom is -0.305 e. The molecule has 0 saturated carbocycles. The van der Waals surface area contributed by atoms with Crippen molar-refractivity contribution in [1.29, 1.82) is 0 Å². The molecule has 0 N–H and O–H groups in total. The van der Waals surface area contributed by atoms with Gasteiger partial charge in [0.15, 0.2) is 0 Å². The van der Waals surface area contributed by atoms with Crippen molar-refractivity contribution in [2.24, 2.45) is 0 Å². The van der Waals surface area contributed by atoms with E-state index >= 15 is 0 Å². The van der Waals surface area contributed by atoms with Crippen LogP contribution in [0, 0.1) is 19.1 Å². The van der Waals surface area contributed by atoms with Crippen molar-refractivity contribution in [3.63, 3.8) is 0 Å². The van der Waals surface area contributed by atoms with E-state index in [0.717, 1.165) is 22.5 Å². The number of rotatable bonds is 3. The molecule has 0 aliphatic rings. The van der Waals surface area contributed by atoms with Crippen LogP contribution < -0.4 is 0 Å². The van der Waals surface area contributed by atoms with Gasteiger partial charge in [-0.15, -0.1) is 59.2 Å². The van der Waals surface area contributed by atoms with Gasteiger partial charge in [0, 0.05) is 32.5 Å². The number of aryl methyl sites for hydroxylation is 1. The normalized spacial score (nSPS) is 10.7. The first-order valence-corrected chi connectivity index (χ1v) is 14.4. The maximum Gasteiger partial charge on any atom is 0.0190 e. The number of pyridine rings is 2. The minimum absolute atomic E-state index is 0. The number of hydrogen-bond acceptors (Lipinski definition) is 2. The van der Waals surface area contributed by atoms with Crippen molar-refractivity contribution in [1.82, 2.24) is 9.97 Å². The van der Waals surface area contributed by atoms with E-state index in [1.54, 1.807) is 6.20 Å². The minimum atomic E-state index is 0. The summed E-state index contributed by atoms with van der Waals surface area (Å²) < 4.78 is 0. The Morgan fingerprint density at radius 1 is 0.477 bits per heavy atom. The van der Waals surface area contributed by atoms with Gasteiger partial charge in [0.05, 0.1) is 0 Å². The molecule has 0 spiro atoms. The van der Waals surface area contributed by atoms with Crippen LogP contribution in [0.5, 0.6) is 0 Å². The molecule has 8 rings (SSSR count). The van der Waals surface area contributed by atoms with E-state index in [0.29, 0.717) is 0 Å². The van der Waals surface area contributed by atoms with Gasteiger partial charge < -0.3 is 9.97 Å². The fraction of sp³-hybridized carbons (Fsp3) is 0.0244. The van der Waals surface area contributed by atoms with Gasteiger partial charge >= 0.3 is 0 Å². The standard InChI is InChI=1S/C24H16N.C17H12N.Ir/c1-16-10-13-24(25-15-16)17-11-12-22-20-8-3-2-6-18(20)19-7-4-5-9-21(19)23(22)14-17;1-2-7-14(8-3-1)15-9-6-10-16(13-15)17-11-4-5-12-18-17;/h2-10,12-15H,1H3;1-9,11-13H;/q2*-1;. The Morgan fingerprint density at radius 2 is 1.09 bits per heavy atom. The van der Waals surface area contributed by atoms with E-state index in [1.165, 1.54) is 49.0 Å². The Labute approximate surface area is 271 Å². The quantitative estimate of drug-likeness (QED) is 0.133. The summed E-state index contributed by atoms with van der Waals surface area (Å²) in [6, 6.07) is 54.8. The molecule has 0 amide bonds. The average Bonchev–Trinajstić information content (AvgIpc) is 3.10. The largest absolute Gasteiger partial charge is 0.305 e. The first kappa shape index (κ1) is 29.1. The molecule has 0 aliphatic heterocycles. The van der Waals surface area contributed by atoms with E-state index in [-0.39, 0.29) is 20.1 Å². The fourth-order valence-corrected chi connectivity index (χ4v) is 5.56. The van der Waals surface area contributed by atoms with Gasteiger partial charge in [-0.2, -0.15) is 0 Å². The zero-order valence-corrected chi connectivity index (χ0v) is 26.6. The number of benzene rings is 6. The third-order valence-electron chi connectivity index (χ3n) is 7.71. The van der Waals surface area contributed by atoms with Crippen molar-refractivity contribution in [3.05, 3.63) is 170 Å². The summed E-state index contributed by atoms with van der Waals surface area (Å²) in [5.41, 5.74) is 7.55. The van der Waals surface area contributed by atoms with Crippen molar-refractivity contribution < 1.29 is 20.1 Å². The molecular formula is C41H28IrN2-2. The van der Waals surface area contributed by atoms with E-state index in [2.05, 4.69) is 126 Å². The molecule has 44 heavy (non-hydrogen) atoms. The molecule has 0 bridgehead atoms. The Hall–Kier alpha value is -4.95. The predicted molar refractivity (Wildman–Crippen MR) is 180 cm³/mol. The second kappa shape index (κ2) is 13.1. The van der Waals surface area contributed by atoms with Crippen LogP contribution in [0.2, 0.25) is 0 Å². The van der Waals surface area contributed by atoms with Crippen LogP contribution in [-0.4, -0.2) is 9.97 Å². The predicted octanol–water partition coefficient (Wildman–Crippen LogP) is 10.5. The van der Waals surface area contributed by atoms with Gasteiger partial charge in [0.2, 0.25) is 0 Å². The van der Waals surface area contributed by atoms with Gasteiger partial charge in [0.1, 0.15) is 0 Å². The van der Waals surface area contributed by atoms with Crippen LogP contribution in [0.15, 0.2) is 152 Å². The maximum atomic E-state index is 4.57. The van der Waals surface area contributed by atoms with E-state index in [4.69, 9.17) is 0 Å². The monoisotopic (exact) mass is 741 g/mol. The zero-order chi connectivity index (χ0) is 29.0. The summed E-state index contributed by atoms with van der Waals surface area (Å²) in [7, 11) is 0. The van der Waals surface area contributed by atoms with Crippen LogP contribution >= 0.6 is 0 Å². The Bertz CT molecular complexity index is 2080. The van der Waals surface area contributed by atoms with Crippen LogP contribution in [-0.2, 0) is 20.1 Å². The van der Waals surface area contributed by atoms with Crippen molar-refractivity contribution in [3.8, 4) is 33.6 Å². The summed E-state index contributed by atoms with van der Waals surface area (Å²) >= 11 is 0. The Balaban J connectivity index is 0.000000161. The third kappa shape index (κ3) is 5.94. The van der Waals surface area contributed by atoms with Gasteiger partial charge in [-0.3, -0.25) is 0 Å². The molecule has 0 unspecified atom stereocenters. The van der Waals surface area contributed by atoms with Crippen LogP contribution in [0.4, 0.5) is 0 Å². The third-order valence-corrected chi connectivity index (χ3v) is 7.71. The van der Waals surface area contributed by atoms with E-state index in [1.807, 2.05) is 48.7 Å². The second-order valence-corrected chi connectivity index (χ2v) is 10.6. The Kier molecular flexibility index (Phi) is 8.70. The topological polar surface area (TPSA) is 25.8 Å². The number of fused-ring (bicyclic) bond motifs is 6. The fourth-order valence-electron chi connectivity index (χ4n) is 5.56. The zero-order valence-electron chi connectivity index (χ0n) is 24.2. The summed E-state index contributed by atoms with van der Waals surface area (Å²) in [5, 5.41) is 7.63. The number of hydrogen-bond donors (Lipinski definition) is 0. The first-order chi connectivity index (χ1) is 21.2. The van der Waals surface area contributed by atoms with E-state index in [9.17, 15) is 0 Å². The molecule has 6 aromatic carbocycles. The summed E-state index contributed by atoms with van der Waals surface area (Å²) in [5.74, 6) is 0. The Morgan fingerprint density at radius 3 is 1.75 bits per heavy atom. The molecule has 0 aliphatic carbocycles. The molecule has 2 nitrogen and oxygen atoms in total. The van der Waals surface area contributed by atoms with Gasteiger partial charge in [0.25, 0.3) is 0 Å². The second-order valence-electron chi connectivity index (χ2n) is 10.6. The van der Waals surface area contributed by atoms with Crippen LogP contribution in [0.25, 0.3) is 66.0 Å². The van der Waals surface area contributed by atoms with Gasteiger partial charge in [-0.05, 0) is 51.7 Å².